The highest BCUT2D eigenvalue weighted by molar-refractivity contribution is 7.88. The first-order valence-electron chi connectivity index (χ1n) is 9.29. The van der Waals surface area contributed by atoms with Gasteiger partial charge in [0.05, 0.1) is 16.8 Å². The van der Waals surface area contributed by atoms with E-state index in [1.807, 2.05) is 0 Å². The molecule has 0 fully saturated rings. The number of nitrogens with one attached hydrogen (secondary N) is 3. The third-order valence-electron chi connectivity index (χ3n) is 4.77. The highest BCUT2D eigenvalue weighted by Crippen LogP contribution is 2.14. The average Bonchev–Trinajstić information content (AvgIpc) is 2.73. The minimum absolute atomic E-state index is 0.136. The molecule has 1 amide bonds. The van der Waals surface area contributed by atoms with Gasteiger partial charge in [0, 0.05) is 18.7 Å². The van der Waals surface area contributed by atoms with Gasteiger partial charge in [-0.3, -0.25) is 14.4 Å². The molecule has 2 aromatic carbocycles. The number of fused-ring (bicyclic) bond motifs is 1. The standard InChI is InChI=1S/C20H22N4O5S/c1-3-24-17-9-8-13(10-16(17)23-19(26)20(24)27)18(25)22-11-14-6-4-5-7-15(14)12-30(28,29)21-2/h4-10,21H,3,11-12H2,1-2H3,(H,22,25)(H,23,26). The van der Waals surface area contributed by atoms with Crippen LogP contribution in [0.5, 0.6) is 0 Å². The second-order valence-electron chi connectivity index (χ2n) is 6.65. The molecule has 3 N–H and O–H groups in total. The van der Waals surface area contributed by atoms with E-state index in [1.165, 1.54) is 17.7 Å². The summed E-state index contributed by atoms with van der Waals surface area (Å²) in [5, 5.41) is 2.76. The van der Waals surface area contributed by atoms with Gasteiger partial charge in [0.15, 0.2) is 0 Å². The smallest absolute Gasteiger partial charge is 0.316 e. The van der Waals surface area contributed by atoms with E-state index in [2.05, 4.69) is 15.0 Å². The van der Waals surface area contributed by atoms with Crippen LogP contribution in [0.2, 0.25) is 0 Å². The summed E-state index contributed by atoms with van der Waals surface area (Å²) >= 11 is 0. The number of aromatic nitrogens is 2. The fourth-order valence-corrected chi connectivity index (χ4v) is 4.00. The minimum atomic E-state index is -3.45. The number of H-pyrrole nitrogens is 1. The van der Waals surface area contributed by atoms with Crippen LogP contribution in [0.3, 0.4) is 0 Å². The maximum Gasteiger partial charge on any atom is 0.316 e. The molecule has 0 bridgehead atoms. The highest BCUT2D eigenvalue weighted by Gasteiger charge is 2.14. The quantitative estimate of drug-likeness (QED) is 0.475. The van der Waals surface area contributed by atoms with E-state index in [-0.39, 0.29) is 12.3 Å². The van der Waals surface area contributed by atoms with Crippen LogP contribution in [0.4, 0.5) is 0 Å². The van der Waals surface area contributed by atoms with Crippen LogP contribution in [0, 0.1) is 0 Å². The fraction of sp³-hybridized carbons (Fsp3) is 0.250. The number of amides is 1. The van der Waals surface area contributed by atoms with Crippen LogP contribution < -0.4 is 21.2 Å². The number of aryl methyl sites for hydroxylation is 1. The number of carbonyl (C=O) groups excluding carboxylic acids is 1. The molecule has 3 aromatic rings. The van der Waals surface area contributed by atoms with Crippen LogP contribution in [-0.2, 0) is 28.9 Å². The lowest BCUT2D eigenvalue weighted by Gasteiger charge is -2.12. The lowest BCUT2D eigenvalue weighted by Crippen LogP contribution is -2.36. The van der Waals surface area contributed by atoms with E-state index in [9.17, 15) is 22.8 Å². The van der Waals surface area contributed by atoms with Gasteiger partial charge in [-0.2, -0.15) is 0 Å². The molecule has 0 spiro atoms. The molecule has 158 valence electrons. The second kappa shape index (κ2) is 8.64. The van der Waals surface area contributed by atoms with E-state index in [1.54, 1.807) is 43.3 Å². The van der Waals surface area contributed by atoms with Crippen LogP contribution in [0.1, 0.15) is 28.4 Å². The van der Waals surface area contributed by atoms with Crippen molar-refractivity contribution in [3.8, 4) is 0 Å². The maximum absolute atomic E-state index is 12.6. The zero-order valence-corrected chi connectivity index (χ0v) is 17.4. The van der Waals surface area contributed by atoms with Crippen LogP contribution in [0.25, 0.3) is 11.0 Å². The molecule has 3 rings (SSSR count). The van der Waals surface area contributed by atoms with Crippen molar-refractivity contribution >= 4 is 27.0 Å². The maximum atomic E-state index is 12.6. The largest absolute Gasteiger partial charge is 0.348 e. The van der Waals surface area contributed by atoms with Gasteiger partial charge in [-0.05, 0) is 43.3 Å². The van der Waals surface area contributed by atoms with Crippen LogP contribution in [-0.4, -0.2) is 30.9 Å². The Morgan fingerprint density at radius 1 is 1.10 bits per heavy atom. The molecular formula is C20H22N4O5S. The monoisotopic (exact) mass is 430 g/mol. The lowest BCUT2D eigenvalue weighted by atomic mass is 10.1. The Morgan fingerprint density at radius 3 is 2.47 bits per heavy atom. The minimum Gasteiger partial charge on any atom is -0.348 e. The second-order valence-corrected chi connectivity index (χ2v) is 8.58. The van der Waals surface area contributed by atoms with Crippen LogP contribution >= 0.6 is 0 Å². The average molecular weight is 430 g/mol. The van der Waals surface area contributed by atoms with E-state index < -0.39 is 27.0 Å². The first-order chi connectivity index (χ1) is 14.3. The van der Waals surface area contributed by atoms with Gasteiger partial charge < -0.3 is 14.9 Å². The van der Waals surface area contributed by atoms with Crippen molar-refractivity contribution in [1.82, 2.24) is 19.6 Å². The first kappa shape index (κ1) is 21.5. The summed E-state index contributed by atoms with van der Waals surface area (Å²) in [4.78, 5) is 38.9. The number of aromatic amines is 1. The third-order valence-corrected chi connectivity index (χ3v) is 6.08. The summed E-state index contributed by atoms with van der Waals surface area (Å²) in [6.07, 6.45) is 0. The fourth-order valence-electron chi connectivity index (χ4n) is 3.16. The normalized spacial score (nSPS) is 11.5. The lowest BCUT2D eigenvalue weighted by molar-refractivity contribution is 0.0951. The summed E-state index contributed by atoms with van der Waals surface area (Å²) in [5.41, 5.74) is 1.09. The van der Waals surface area contributed by atoms with Gasteiger partial charge >= 0.3 is 11.1 Å². The van der Waals surface area contributed by atoms with Gasteiger partial charge in [-0.25, -0.2) is 13.1 Å². The zero-order chi connectivity index (χ0) is 21.9. The summed E-state index contributed by atoms with van der Waals surface area (Å²) < 4.78 is 27.3. The molecule has 0 saturated heterocycles. The van der Waals surface area contributed by atoms with Gasteiger partial charge in [0.25, 0.3) is 5.91 Å². The Hall–Kier alpha value is -3.24. The number of hydrogen-bond donors (Lipinski definition) is 3. The molecule has 9 nitrogen and oxygen atoms in total. The topological polar surface area (TPSA) is 130 Å². The van der Waals surface area contributed by atoms with E-state index in [0.29, 0.717) is 34.3 Å². The Balaban J connectivity index is 1.84. The van der Waals surface area contributed by atoms with E-state index in [4.69, 9.17) is 0 Å². The van der Waals surface area contributed by atoms with Crippen molar-refractivity contribution in [2.45, 2.75) is 25.8 Å². The number of rotatable bonds is 7. The summed E-state index contributed by atoms with van der Waals surface area (Å²) in [7, 11) is -2.10. The van der Waals surface area contributed by atoms with Crippen molar-refractivity contribution in [2.24, 2.45) is 0 Å². The van der Waals surface area contributed by atoms with Gasteiger partial charge in [-0.1, -0.05) is 24.3 Å². The number of sulfonamides is 1. The highest BCUT2D eigenvalue weighted by atomic mass is 32.2. The Bertz CT molecular complexity index is 1330. The molecule has 0 saturated carbocycles. The molecular weight excluding hydrogens is 408 g/mol. The number of hydrogen-bond acceptors (Lipinski definition) is 5. The van der Waals surface area contributed by atoms with Gasteiger partial charge in [0.2, 0.25) is 10.0 Å². The van der Waals surface area contributed by atoms with Crippen molar-refractivity contribution in [3.05, 3.63) is 79.9 Å². The SMILES string of the molecule is CCn1c(=O)c(=O)[nH]c2cc(C(=O)NCc3ccccc3CS(=O)(=O)NC)ccc21. The first-order valence-corrected chi connectivity index (χ1v) is 10.9. The van der Waals surface area contributed by atoms with E-state index in [0.717, 1.165) is 0 Å². The molecule has 1 heterocycles. The van der Waals surface area contributed by atoms with Crippen molar-refractivity contribution in [3.63, 3.8) is 0 Å². The molecule has 0 unspecified atom stereocenters. The number of carbonyl (C=O) groups is 1. The van der Waals surface area contributed by atoms with Crippen molar-refractivity contribution < 1.29 is 13.2 Å². The summed E-state index contributed by atoms with van der Waals surface area (Å²) in [6.45, 7) is 2.22. The molecule has 0 atom stereocenters. The molecule has 1 aromatic heterocycles. The zero-order valence-electron chi connectivity index (χ0n) is 16.6. The summed E-state index contributed by atoms with van der Waals surface area (Å²) in [5.74, 6) is -0.584. The molecule has 0 radical (unpaired) electrons. The van der Waals surface area contributed by atoms with Crippen molar-refractivity contribution in [1.29, 1.82) is 0 Å². The summed E-state index contributed by atoms with van der Waals surface area (Å²) in [6, 6.07) is 11.6. The molecule has 0 aliphatic carbocycles. The molecule has 0 aliphatic heterocycles. The molecule has 10 heteroatoms. The molecule has 0 aliphatic rings. The number of nitrogens with zero attached hydrogens (tertiary/aromatic N) is 1. The van der Waals surface area contributed by atoms with Gasteiger partial charge in [0.1, 0.15) is 0 Å². The van der Waals surface area contributed by atoms with E-state index >= 15 is 0 Å². The number of benzene rings is 2. The Labute approximate surface area is 172 Å². The molecule has 30 heavy (non-hydrogen) atoms. The van der Waals surface area contributed by atoms with Crippen LogP contribution in [0.15, 0.2) is 52.1 Å². The predicted molar refractivity (Wildman–Crippen MR) is 114 cm³/mol. The Kier molecular flexibility index (Phi) is 6.18. The van der Waals surface area contributed by atoms with Gasteiger partial charge in [-0.15, -0.1) is 0 Å². The Morgan fingerprint density at radius 2 is 1.80 bits per heavy atom. The third kappa shape index (κ3) is 4.50. The predicted octanol–water partition coefficient (Wildman–Crippen LogP) is 0.689. The van der Waals surface area contributed by atoms with Crippen molar-refractivity contribution in [2.75, 3.05) is 7.05 Å².